The van der Waals surface area contributed by atoms with Gasteiger partial charge in [0.1, 0.15) is 0 Å². The predicted octanol–water partition coefficient (Wildman–Crippen LogP) is 4.02. The van der Waals surface area contributed by atoms with Crippen LogP contribution in [0.2, 0.25) is 0 Å². The summed E-state index contributed by atoms with van der Waals surface area (Å²) in [7, 11) is 0. The van der Waals surface area contributed by atoms with Crippen LogP contribution in [-0.2, 0) is 6.42 Å². The van der Waals surface area contributed by atoms with E-state index in [1.54, 1.807) is 0 Å². The van der Waals surface area contributed by atoms with Gasteiger partial charge in [-0.15, -0.1) is 0 Å². The van der Waals surface area contributed by atoms with Gasteiger partial charge in [0.15, 0.2) is 0 Å². The van der Waals surface area contributed by atoms with Crippen LogP contribution in [0.25, 0.3) is 0 Å². The van der Waals surface area contributed by atoms with Crippen molar-refractivity contribution in [3.05, 3.63) is 29.6 Å². The molecule has 1 aromatic heterocycles. The standard InChI is InChI=1S/C18H30N2/c1-13(2)11-19-12-14(3)15(4)17-9-5-7-16-8-6-10-20-18(16)17/h6,8,10,13-15,17,19H,5,7,9,11-12H2,1-4H3. The molecule has 1 heterocycles. The molecule has 0 bridgehead atoms. The molecule has 3 unspecified atom stereocenters. The Morgan fingerprint density at radius 3 is 2.80 bits per heavy atom. The summed E-state index contributed by atoms with van der Waals surface area (Å²) < 4.78 is 0. The second kappa shape index (κ2) is 7.21. The van der Waals surface area contributed by atoms with E-state index in [1.165, 1.54) is 30.5 Å². The van der Waals surface area contributed by atoms with Gasteiger partial charge < -0.3 is 5.32 Å². The van der Waals surface area contributed by atoms with Crippen molar-refractivity contribution in [2.75, 3.05) is 13.1 Å². The molecule has 1 aromatic rings. The Balaban J connectivity index is 1.97. The summed E-state index contributed by atoms with van der Waals surface area (Å²) in [6.07, 6.45) is 5.80. The molecule has 20 heavy (non-hydrogen) atoms. The van der Waals surface area contributed by atoms with Crippen molar-refractivity contribution in [2.45, 2.75) is 52.9 Å². The van der Waals surface area contributed by atoms with Gasteiger partial charge in [0.25, 0.3) is 0 Å². The fraction of sp³-hybridized carbons (Fsp3) is 0.722. The zero-order valence-corrected chi connectivity index (χ0v) is 13.5. The van der Waals surface area contributed by atoms with E-state index in [4.69, 9.17) is 4.98 Å². The highest BCUT2D eigenvalue weighted by atomic mass is 14.9. The van der Waals surface area contributed by atoms with Gasteiger partial charge in [-0.25, -0.2) is 0 Å². The van der Waals surface area contributed by atoms with Gasteiger partial charge in [0.05, 0.1) is 0 Å². The number of hydrogen-bond donors (Lipinski definition) is 1. The van der Waals surface area contributed by atoms with Crippen molar-refractivity contribution in [2.24, 2.45) is 17.8 Å². The molecule has 0 aliphatic heterocycles. The van der Waals surface area contributed by atoms with E-state index in [2.05, 4.69) is 45.1 Å². The summed E-state index contributed by atoms with van der Waals surface area (Å²) in [5.41, 5.74) is 2.86. The molecule has 0 saturated heterocycles. The second-order valence-corrected chi connectivity index (χ2v) is 6.93. The quantitative estimate of drug-likeness (QED) is 0.847. The third-order valence-corrected chi connectivity index (χ3v) is 4.79. The first-order valence-electron chi connectivity index (χ1n) is 8.24. The summed E-state index contributed by atoms with van der Waals surface area (Å²) in [5.74, 6) is 2.78. The lowest BCUT2D eigenvalue weighted by molar-refractivity contribution is 0.283. The molecule has 1 aliphatic carbocycles. The van der Waals surface area contributed by atoms with Crippen molar-refractivity contribution >= 4 is 0 Å². The van der Waals surface area contributed by atoms with Crippen LogP contribution in [0.3, 0.4) is 0 Å². The maximum absolute atomic E-state index is 4.69. The van der Waals surface area contributed by atoms with E-state index >= 15 is 0 Å². The van der Waals surface area contributed by atoms with Crippen LogP contribution < -0.4 is 5.32 Å². The second-order valence-electron chi connectivity index (χ2n) is 6.93. The van der Waals surface area contributed by atoms with Gasteiger partial charge in [0.2, 0.25) is 0 Å². The zero-order valence-electron chi connectivity index (χ0n) is 13.5. The normalized spacial score (nSPS) is 21.6. The number of nitrogens with zero attached hydrogens (tertiary/aromatic N) is 1. The van der Waals surface area contributed by atoms with Gasteiger partial charge in [0, 0.05) is 17.8 Å². The predicted molar refractivity (Wildman–Crippen MR) is 86.0 cm³/mol. The minimum absolute atomic E-state index is 0.649. The average molecular weight is 274 g/mol. The highest BCUT2D eigenvalue weighted by Gasteiger charge is 2.29. The maximum atomic E-state index is 4.69. The fourth-order valence-corrected chi connectivity index (χ4v) is 3.34. The highest BCUT2D eigenvalue weighted by molar-refractivity contribution is 5.26. The molecular weight excluding hydrogens is 244 g/mol. The topological polar surface area (TPSA) is 24.9 Å². The van der Waals surface area contributed by atoms with Crippen LogP contribution >= 0.6 is 0 Å². The summed E-state index contributed by atoms with van der Waals surface area (Å²) in [5, 5.41) is 3.61. The molecule has 2 heteroatoms. The fourth-order valence-electron chi connectivity index (χ4n) is 3.34. The summed E-state index contributed by atoms with van der Waals surface area (Å²) in [6.45, 7) is 11.6. The van der Waals surface area contributed by atoms with E-state index in [1.807, 2.05) is 6.20 Å². The van der Waals surface area contributed by atoms with Crippen LogP contribution in [0.1, 0.15) is 57.7 Å². The smallest absolute Gasteiger partial charge is 0.0469 e. The Morgan fingerprint density at radius 1 is 1.25 bits per heavy atom. The third-order valence-electron chi connectivity index (χ3n) is 4.79. The van der Waals surface area contributed by atoms with Gasteiger partial charge in [-0.2, -0.15) is 0 Å². The minimum Gasteiger partial charge on any atom is -0.316 e. The Morgan fingerprint density at radius 2 is 2.05 bits per heavy atom. The number of hydrogen-bond acceptors (Lipinski definition) is 2. The largest absolute Gasteiger partial charge is 0.316 e. The van der Waals surface area contributed by atoms with Gasteiger partial charge in [-0.1, -0.05) is 33.8 Å². The lowest BCUT2D eigenvalue weighted by Crippen LogP contribution is -2.31. The molecule has 1 aliphatic rings. The van der Waals surface area contributed by atoms with Crippen molar-refractivity contribution in [1.29, 1.82) is 0 Å². The van der Waals surface area contributed by atoms with E-state index in [9.17, 15) is 0 Å². The van der Waals surface area contributed by atoms with Crippen LogP contribution in [0, 0.1) is 17.8 Å². The molecule has 0 aromatic carbocycles. The van der Waals surface area contributed by atoms with E-state index in [0.717, 1.165) is 19.0 Å². The molecule has 0 amide bonds. The number of aryl methyl sites for hydroxylation is 1. The van der Waals surface area contributed by atoms with Crippen molar-refractivity contribution in [3.8, 4) is 0 Å². The zero-order chi connectivity index (χ0) is 14.5. The summed E-state index contributed by atoms with van der Waals surface area (Å²) in [6, 6.07) is 4.35. The SMILES string of the molecule is CC(C)CNCC(C)C(C)C1CCCc2cccnc21. The number of nitrogens with one attached hydrogen (secondary N) is 1. The van der Waals surface area contributed by atoms with Crippen molar-refractivity contribution in [3.63, 3.8) is 0 Å². The maximum Gasteiger partial charge on any atom is 0.0469 e. The molecule has 2 nitrogen and oxygen atoms in total. The Hall–Kier alpha value is -0.890. The minimum atomic E-state index is 0.649. The van der Waals surface area contributed by atoms with E-state index in [-0.39, 0.29) is 0 Å². The first kappa shape index (κ1) is 15.5. The molecular formula is C18H30N2. The molecule has 2 rings (SSSR count). The third kappa shape index (κ3) is 3.82. The molecule has 112 valence electrons. The van der Waals surface area contributed by atoms with Crippen molar-refractivity contribution < 1.29 is 0 Å². The van der Waals surface area contributed by atoms with Gasteiger partial charge in [-0.3, -0.25) is 4.98 Å². The molecule has 1 N–H and O–H groups in total. The van der Waals surface area contributed by atoms with Crippen LogP contribution in [0.15, 0.2) is 18.3 Å². The molecule has 0 saturated carbocycles. The van der Waals surface area contributed by atoms with E-state index < -0.39 is 0 Å². The molecule has 0 spiro atoms. The van der Waals surface area contributed by atoms with Crippen LogP contribution in [-0.4, -0.2) is 18.1 Å². The molecule has 3 atom stereocenters. The average Bonchev–Trinajstić information content (AvgIpc) is 2.45. The Bertz CT molecular complexity index is 414. The summed E-state index contributed by atoms with van der Waals surface area (Å²) >= 11 is 0. The van der Waals surface area contributed by atoms with Crippen LogP contribution in [0.5, 0.6) is 0 Å². The monoisotopic (exact) mass is 274 g/mol. The summed E-state index contributed by atoms with van der Waals surface area (Å²) in [4.78, 5) is 4.69. The van der Waals surface area contributed by atoms with Gasteiger partial charge >= 0.3 is 0 Å². The molecule has 0 radical (unpaired) electrons. The number of pyridine rings is 1. The van der Waals surface area contributed by atoms with Crippen molar-refractivity contribution in [1.82, 2.24) is 10.3 Å². The highest BCUT2D eigenvalue weighted by Crippen LogP contribution is 2.38. The first-order chi connectivity index (χ1) is 9.59. The van der Waals surface area contributed by atoms with E-state index in [0.29, 0.717) is 17.8 Å². The number of aromatic nitrogens is 1. The Kier molecular flexibility index (Phi) is 5.59. The lowest BCUT2D eigenvalue weighted by atomic mass is 9.74. The number of fused-ring (bicyclic) bond motifs is 1. The van der Waals surface area contributed by atoms with Gasteiger partial charge in [-0.05, 0) is 61.7 Å². The molecule has 0 fully saturated rings. The lowest BCUT2D eigenvalue weighted by Gasteiger charge is -2.33. The first-order valence-corrected chi connectivity index (χ1v) is 8.24. The Labute approximate surface area is 124 Å². The number of rotatable bonds is 6. The van der Waals surface area contributed by atoms with Crippen LogP contribution in [0.4, 0.5) is 0 Å².